The number of methoxy groups -OCH3 is 1. The molecule has 3 aromatic carbocycles. The first kappa shape index (κ1) is 24.2. The molecule has 0 bridgehead atoms. The lowest BCUT2D eigenvalue weighted by Gasteiger charge is -2.25. The van der Waals surface area contributed by atoms with E-state index in [-0.39, 0.29) is 5.91 Å². The van der Waals surface area contributed by atoms with E-state index in [0.717, 1.165) is 47.1 Å². The van der Waals surface area contributed by atoms with Gasteiger partial charge in [0.15, 0.2) is 0 Å². The zero-order chi connectivity index (χ0) is 24.9. The Labute approximate surface area is 213 Å². The Hall–Kier alpha value is -3.51. The minimum Gasteiger partial charge on any atom is -0.495 e. The number of carbonyl (C=O) groups is 1. The van der Waals surface area contributed by atoms with Gasteiger partial charge in [-0.1, -0.05) is 30.3 Å². The molecule has 5 rings (SSSR count). The third-order valence-corrected chi connectivity index (χ3v) is 7.29. The molecular formula is C30H35N3O3. The Balaban J connectivity index is 1.22. The van der Waals surface area contributed by atoms with Crippen molar-refractivity contribution in [2.75, 3.05) is 43.5 Å². The number of hydrogen-bond acceptors (Lipinski definition) is 5. The molecule has 0 radical (unpaired) electrons. The second kappa shape index (κ2) is 11.0. The molecule has 3 aromatic rings. The SMILES string of the molecule is COc1cc(NC(=O)c2ccc(OCc3ccccc3)cc2C)ccc1N1CC[C@@H](N2CCCC2)C1. The van der Waals surface area contributed by atoms with E-state index in [9.17, 15) is 4.79 Å². The highest BCUT2D eigenvalue weighted by Crippen LogP contribution is 2.35. The molecule has 188 valence electrons. The highest BCUT2D eigenvalue weighted by molar-refractivity contribution is 6.05. The van der Waals surface area contributed by atoms with Crippen LogP contribution in [0.4, 0.5) is 11.4 Å². The average molecular weight is 486 g/mol. The molecule has 36 heavy (non-hydrogen) atoms. The number of anilines is 2. The second-order valence-corrected chi connectivity index (χ2v) is 9.72. The lowest BCUT2D eigenvalue weighted by atomic mass is 10.1. The molecular weight excluding hydrogens is 450 g/mol. The quantitative estimate of drug-likeness (QED) is 0.456. The molecule has 1 amide bonds. The van der Waals surface area contributed by atoms with Crippen molar-refractivity contribution in [1.82, 2.24) is 4.90 Å². The summed E-state index contributed by atoms with van der Waals surface area (Å²) in [5, 5.41) is 3.04. The standard InChI is InChI=1S/C30H35N3O3/c1-22-18-26(36-21-23-8-4-3-5-9-23)11-12-27(22)30(34)31-24-10-13-28(29(19-24)35-2)33-17-14-25(20-33)32-15-6-7-16-32/h3-5,8-13,18-19,25H,6-7,14-17,20-21H2,1-2H3,(H,31,34)/t25-/m1/s1. The van der Waals surface area contributed by atoms with Gasteiger partial charge in [-0.05, 0) is 80.7 Å². The largest absolute Gasteiger partial charge is 0.495 e. The zero-order valence-corrected chi connectivity index (χ0v) is 21.2. The van der Waals surface area contributed by atoms with Crippen LogP contribution in [0.3, 0.4) is 0 Å². The summed E-state index contributed by atoms with van der Waals surface area (Å²) in [6.45, 7) is 6.92. The molecule has 0 unspecified atom stereocenters. The van der Waals surface area contributed by atoms with Gasteiger partial charge in [0.1, 0.15) is 18.1 Å². The van der Waals surface area contributed by atoms with Gasteiger partial charge in [-0.25, -0.2) is 0 Å². The van der Waals surface area contributed by atoms with Crippen LogP contribution in [-0.4, -0.2) is 50.1 Å². The highest BCUT2D eigenvalue weighted by Gasteiger charge is 2.30. The zero-order valence-electron chi connectivity index (χ0n) is 21.2. The van der Waals surface area contributed by atoms with Crippen LogP contribution in [0.2, 0.25) is 0 Å². The van der Waals surface area contributed by atoms with Crippen molar-refractivity contribution < 1.29 is 14.3 Å². The molecule has 2 fully saturated rings. The minimum absolute atomic E-state index is 0.146. The second-order valence-electron chi connectivity index (χ2n) is 9.72. The van der Waals surface area contributed by atoms with E-state index in [2.05, 4.69) is 21.2 Å². The topological polar surface area (TPSA) is 54.0 Å². The first-order valence-corrected chi connectivity index (χ1v) is 12.9. The van der Waals surface area contributed by atoms with Crippen molar-refractivity contribution in [2.45, 2.75) is 38.8 Å². The fourth-order valence-electron chi connectivity index (χ4n) is 5.30. The van der Waals surface area contributed by atoms with Gasteiger partial charge in [-0.15, -0.1) is 0 Å². The van der Waals surface area contributed by atoms with Gasteiger partial charge in [0, 0.05) is 36.4 Å². The molecule has 0 aromatic heterocycles. The molecule has 2 saturated heterocycles. The van der Waals surface area contributed by atoms with E-state index in [1.807, 2.05) is 67.6 Å². The third-order valence-electron chi connectivity index (χ3n) is 7.29. The van der Waals surface area contributed by atoms with Crippen LogP contribution in [-0.2, 0) is 6.61 Å². The predicted octanol–water partition coefficient (Wildman–Crippen LogP) is 5.51. The number of amides is 1. The average Bonchev–Trinajstić information content (AvgIpc) is 3.60. The van der Waals surface area contributed by atoms with Crippen molar-refractivity contribution in [3.63, 3.8) is 0 Å². The fraction of sp³-hybridized carbons (Fsp3) is 0.367. The summed E-state index contributed by atoms with van der Waals surface area (Å²) >= 11 is 0. The molecule has 2 aliphatic rings. The summed E-state index contributed by atoms with van der Waals surface area (Å²) in [5.41, 5.74) is 4.41. The van der Waals surface area contributed by atoms with E-state index in [1.54, 1.807) is 7.11 Å². The normalized spacial score (nSPS) is 17.8. The first-order valence-electron chi connectivity index (χ1n) is 12.9. The number of aryl methyl sites for hydroxylation is 1. The van der Waals surface area contributed by atoms with Crippen molar-refractivity contribution >= 4 is 17.3 Å². The molecule has 2 aliphatic heterocycles. The fourth-order valence-corrected chi connectivity index (χ4v) is 5.30. The highest BCUT2D eigenvalue weighted by atomic mass is 16.5. The molecule has 1 N–H and O–H groups in total. The Morgan fingerprint density at radius 1 is 1.00 bits per heavy atom. The van der Waals surface area contributed by atoms with Gasteiger partial charge in [-0.2, -0.15) is 0 Å². The smallest absolute Gasteiger partial charge is 0.255 e. The van der Waals surface area contributed by atoms with Crippen LogP contribution in [0, 0.1) is 6.92 Å². The summed E-state index contributed by atoms with van der Waals surface area (Å²) in [4.78, 5) is 18.1. The maximum atomic E-state index is 13.0. The number of nitrogens with one attached hydrogen (secondary N) is 1. The van der Waals surface area contributed by atoms with Gasteiger partial charge < -0.3 is 19.7 Å². The van der Waals surface area contributed by atoms with E-state index in [4.69, 9.17) is 9.47 Å². The summed E-state index contributed by atoms with van der Waals surface area (Å²) in [6, 6.07) is 22.2. The first-order chi connectivity index (χ1) is 17.6. The summed E-state index contributed by atoms with van der Waals surface area (Å²) in [6.07, 6.45) is 3.82. The van der Waals surface area contributed by atoms with Crippen molar-refractivity contribution in [1.29, 1.82) is 0 Å². The van der Waals surface area contributed by atoms with E-state index >= 15 is 0 Å². The molecule has 1 atom stereocenters. The van der Waals surface area contributed by atoms with E-state index in [1.165, 1.54) is 32.4 Å². The third kappa shape index (κ3) is 5.49. The van der Waals surface area contributed by atoms with Crippen LogP contribution in [0.15, 0.2) is 66.7 Å². The van der Waals surface area contributed by atoms with Gasteiger partial charge in [0.2, 0.25) is 0 Å². The Bertz CT molecular complexity index is 1190. The van der Waals surface area contributed by atoms with E-state index < -0.39 is 0 Å². The number of carbonyl (C=O) groups excluding carboxylic acids is 1. The maximum absolute atomic E-state index is 13.0. The van der Waals surface area contributed by atoms with Crippen molar-refractivity contribution in [3.8, 4) is 11.5 Å². The van der Waals surface area contributed by atoms with Crippen LogP contribution in [0.25, 0.3) is 0 Å². The van der Waals surface area contributed by atoms with E-state index in [0.29, 0.717) is 18.2 Å². The number of hydrogen-bond donors (Lipinski definition) is 1. The molecule has 0 aliphatic carbocycles. The van der Waals surface area contributed by atoms with Gasteiger partial charge in [0.25, 0.3) is 5.91 Å². The van der Waals surface area contributed by atoms with Crippen LogP contribution in [0.5, 0.6) is 11.5 Å². The number of ether oxygens (including phenoxy) is 2. The molecule has 2 heterocycles. The van der Waals surface area contributed by atoms with Crippen molar-refractivity contribution in [3.05, 3.63) is 83.4 Å². The Kier molecular flexibility index (Phi) is 7.42. The summed E-state index contributed by atoms with van der Waals surface area (Å²) in [5.74, 6) is 1.39. The van der Waals surface area contributed by atoms with Gasteiger partial charge in [0.05, 0.1) is 12.8 Å². The number of rotatable bonds is 8. The van der Waals surface area contributed by atoms with Gasteiger partial charge in [-0.3, -0.25) is 9.69 Å². The summed E-state index contributed by atoms with van der Waals surface area (Å²) < 4.78 is 11.6. The Morgan fingerprint density at radius 3 is 2.56 bits per heavy atom. The number of benzene rings is 3. The predicted molar refractivity (Wildman–Crippen MR) is 144 cm³/mol. The lowest BCUT2D eigenvalue weighted by molar-refractivity contribution is 0.102. The monoisotopic (exact) mass is 485 g/mol. The maximum Gasteiger partial charge on any atom is 0.255 e. The number of likely N-dealkylation sites (tertiary alicyclic amines) is 1. The molecule has 6 heteroatoms. The number of nitrogens with zero attached hydrogens (tertiary/aromatic N) is 2. The molecule has 0 spiro atoms. The van der Waals surface area contributed by atoms with Gasteiger partial charge >= 0.3 is 0 Å². The summed E-state index contributed by atoms with van der Waals surface area (Å²) in [7, 11) is 1.69. The van der Waals surface area contributed by atoms with Crippen LogP contribution >= 0.6 is 0 Å². The minimum atomic E-state index is -0.146. The van der Waals surface area contributed by atoms with Crippen LogP contribution in [0.1, 0.15) is 40.7 Å². The molecule has 0 saturated carbocycles. The van der Waals surface area contributed by atoms with Crippen molar-refractivity contribution in [2.24, 2.45) is 0 Å². The lowest BCUT2D eigenvalue weighted by Crippen LogP contribution is -2.35. The Morgan fingerprint density at radius 2 is 1.81 bits per heavy atom. The molecule has 6 nitrogen and oxygen atoms in total. The van der Waals surface area contributed by atoms with Crippen LogP contribution < -0.4 is 19.7 Å².